The summed E-state index contributed by atoms with van der Waals surface area (Å²) >= 11 is 0. The van der Waals surface area contributed by atoms with Gasteiger partial charge in [0.05, 0.1) is 13.2 Å². The monoisotopic (exact) mass is 267 g/mol. The van der Waals surface area contributed by atoms with Gasteiger partial charge in [0.2, 0.25) is 0 Å². The summed E-state index contributed by atoms with van der Waals surface area (Å²) in [6.07, 6.45) is 0. The first-order valence-electron chi connectivity index (χ1n) is 5.95. The number of hydrogen-bond donors (Lipinski definition) is 1. The van der Waals surface area contributed by atoms with E-state index in [9.17, 15) is 9.18 Å². The van der Waals surface area contributed by atoms with Crippen molar-refractivity contribution in [3.63, 3.8) is 0 Å². The molecule has 1 rings (SSSR count). The lowest BCUT2D eigenvalue weighted by atomic mass is 10.3. The van der Waals surface area contributed by atoms with Crippen LogP contribution in [0, 0.1) is 5.82 Å². The number of ether oxygens (including phenoxy) is 2. The van der Waals surface area contributed by atoms with Crippen LogP contribution in [0.4, 0.5) is 4.39 Å². The topological polar surface area (TPSA) is 47.6 Å². The molecule has 1 N–H and O–H groups in total. The molecule has 0 heterocycles. The van der Waals surface area contributed by atoms with Crippen LogP contribution in [0.5, 0.6) is 5.75 Å². The van der Waals surface area contributed by atoms with Gasteiger partial charge in [-0.05, 0) is 31.2 Å². The maximum Gasteiger partial charge on any atom is 0.258 e. The number of benzene rings is 1. The molecule has 1 aromatic carbocycles. The molecular weight excluding hydrogens is 249 g/mol. The highest BCUT2D eigenvalue weighted by molar-refractivity contribution is 5.77. The predicted octanol–water partition coefficient (Wildman–Crippen LogP) is 1.91. The average Bonchev–Trinajstić information content (AvgIpc) is 2.37. The summed E-state index contributed by atoms with van der Waals surface area (Å²) < 4.78 is 23.0. The van der Waals surface area contributed by atoms with E-state index < -0.39 is 0 Å². The highest BCUT2D eigenvalue weighted by atomic mass is 19.1. The third-order valence-corrected chi connectivity index (χ3v) is 2.10. The van der Waals surface area contributed by atoms with Gasteiger partial charge in [-0.2, -0.15) is 0 Å². The summed E-state index contributed by atoms with van der Waals surface area (Å²) in [7, 11) is 0. The first kappa shape index (κ1) is 15.2. The standard InChI is InChI=1S/C14H18FNO3/c1-11(2)9-18-8-7-16-14(17)10-19-13-5-3-12(15)4-6-13/h3-6H,1,7-10H2,2H3,(H,16,17). The van der Waals surface area contributed by atoms with E-state index in [1.54, 1.807) is 0 Å². The van der Waals surface area contributed by atoms with E-state index in [1.165, 1.54) is 24.3 Å². The van der Waals surface area contributed by atoms with Crippen molar-refractivity contribution in [1.29, 1.82) is 0 Å². The second-order valence-electron chi connectivity index (χ2n) is 4.10. The molecule has 0 radical (unpaired) electrons. The van der Waals surface area contributed by atoms with Crippen molar-refractivity contribution < 1.29 is 18.7 Å². The van der Waals surface area contributed by atoms with E-state index in [-0.39, 0.29) is 18.3 Å². The van der Waals surface area contributed by atoms with Crippen LogP contribution in [-0.2, 0) is 9.53 Å². The van der Waals surface area contributed by atoms with Gasteiger partial charge in [0.15, 0.2) is 6.61 Å². The van der Waals surface area contributed by atoms with Gasteiger partial charge in [-0.3, -0.25) is 4.79 Å². The van der Waals surface area contributed by atoms with E-state index in [2.05, 4.69) is 11.9 Å². The number of halogens is 1. The Hall–Kier alpha value is -1.88. The Morgan fingerprint density at radius 3 is 2.63 bits per heavy atom. The van der Waals surface area contributed by atoms with E-state index in [0.717, 1.165) is 5.57 Å². The van der Waals surface area contributed by atoms with Gasteiger partial charge < -0.3 is 14.8 Å². The maximum atomic E-state index is 12.6. The Labute approximate surface area is 112 Å². The van der Waals surface area contributed by atoms with E-state index in [0.29, 0.717) is 25.5 Å². The molecular formula is C14H18FNO3. The van der Waals surface area contributed by atoms with Crippen LogP contribution < -0.4 is 10.1 Å². The Bertz CT molecular complexity index is 417. The molecule has 19 heavy (non-hydrogen) atoms. The van der Waals surface area contributed by atoms with Crippen molar-refractivity contribution in [2.45, 2.75) is 6.92 Å². The summed E-state index contributed by atoms with van der Waals surface area (Å²) in [4.78, 5) is 11.4. The fourth-order valence-electron chi connectivity index (χ4n) is 1.24. The number of amides is 1. The van der Waals surface area contributed by atoms with Gasteiger partial charge in [-0.15, -0.1) is 0 Å². The molecule has 0 fully saturated rings. The molecule has 0 aromatic heterocycles. The van der Waals surface area contributed by atoms with Crippen molar-refractivity contribution in [2.24, 2.45) is 0 Å². The molecule has 0 aliphatic rings. The Kier molecular flexibility index (Phi) is 6.60. The number of rotatable bonds is 8. The fraction of sp³-hybridized carbons (Fsp3) is 0.357. The van der Waals surface area contributed by atoms with E-state index in [1.807, 2.05) is 6.92 Å². The molecule has 1 amide bonds. The van der Waals surface area contributed by atoms with Gasteiger partial charge >= 0.3 is 0 Å². The second-order valence-corrected chi connectivity index (χ2v) is 4.10. The van der Waals surface area contributed by atoms with Gasteiger partial charge in [0.25, 0.3) is 5.91 Å². The minimum atomic E-state index is -0.341. The molecule has 0 atom stereocenters. The van der Waals surface area contributed by atoms with Crippen LogP contribution in [-0.4, -0.2) is 32.3 Å². The molecule has 0 aliphatic heterocycles. The zero-order valence-corrected chi connectivity index (χ0v) is 10.9. The predicted molar refractivity (Wildman–Crippen MR) is 70.5 cm³/mol. The van der Waals surface area contributed by atoms with E-state index >= 15 is 0 Å². The summed E-state index contributed by atoms with van der Waals surface area (Å²) in [5.41, 5.74) is 0.936. The molecule has 5 heteroatoms. The van der Waals surface area contributed by atoms with E-state index in [4.69, 9.17) is 9.47 Å². The van der Waals surface area contributed by atoms with Crippen LogP contribution in [0.25, 0.3) is 0 Å². The molecule has 0 bridgehead atoms. The molecule has 1 aromatic rings. The van der Waals surface area contributed by atoms with Crippen molar-refractivity contribution in [2.75, 3.05) is 26.4 Å². The zero-order chi connectivity index (χ0) is 14.1. The van der Waals surface area contributed by atoms with Crippen LogP contribution in [0.15, 0.2) is 36.4 Å². The summed E-state index contributed by atoms with van der Waals surface area (Å²) in [6.45, 7) is 6.79. The molecule has 0 saturated carbocycles. The van der Waals surface area contributed by atoms with Gasteiger partial charge in [-0.25, -0.2) is 4.39 Å². The SMILES string of the molecule is C=C(C)COCCNC(=O)COc1ccc(F)cc1. The minimum absolute atomic E-state index is 0.105. The van der Waals surface area contributed by atoms with Crippen LogP contribution in [0.3, 0.4) is 0 Å². The van der Waals surface area contributed by atoms with Crippen LogP contribution >= 0.6 is 0 Å². The summed E-state index contributed by atoms with van der Waals surface area (Å²) in [6, 6.07) is 5.49. The highest BCUT2D eigenvalue weighted by Gasteiger charge is 2.02. The summed E-state index contributed by atoms with van der Waals surface area (Å²) in [5, 5.41) is 2.65. The third kappa shape index (κ3) is 7.21. The number of nitrogens with one attached hydrogen (secondary N) is 1. The van der Waals surface area contributed by atoms with Gasteiger partial charge in [-0.1, -0.05) is 12.2 Å². The molecule has 0 spiro atoms. The first-order valence-corrected chi connectivity index (χ1v) is 5.95. The minimum Gasteiger partial charge on any atom is -0.484 e. The first-order chi connectivity index (χ1) is 9.08. The fourth-order valence-corrected chi connectivity index (χ4v) is 1.24. The molecule has 0 saturated heterocycles. The zero-order valence-electron chi connectivity index (χ0n) is 10.9. The molecule has 4 nitrogen and oxygen atoms in total. The van der Waals surface area contributed by atoms with Crippen molar-refractivity contribution in [3.8, 4) is 5.75 Å². The Balaban J connectivity index is 2.11. The number of hydrogen-bond acceptors (Lipinski definition) is 3. The smallest absolute Gasteiger partial charge is 0.258 e. The second kappa shape index (κ2) is 8.26. The number of carbonyl (C=O) groups is 1. The van der Waals surface area contributed by atoms with Crippen LogP contribution in [0.2, 0.25) is 0 Å². The lowest BCUT2D eigenvalue weighted by molar-refractivity contribution is -0.123. The molecule has 0 aliphatic carbocycles. The number of carbonyl (C=O) groups excluding carboxylic acids is 1. The van der Waals surface area contributed by atoms with Crippen molar-refractivity contribution in [1.82, 2.24) is 5.32 Å². The van der Waals surface area contributed by atoms with Gasteiger partial charge in [0.1, 0.15) is 11.6 Å². The largest absolute Gasteiger partial charge is 0.484 e. The van der Waals surface area contributed by atoms with Crippen molar-refractivity contribution in [3.05, 3.63) is 42.2 Å². The normalized spacial score (nSPS) is 10.0. The average molecular weight is 267 g/mol. The lowest BCUT2D eigenvalue weighted by Crippen LogP contribution is -2.31. The molecule has 104 valence electrons. The summed E-state index contributed by atoms with van der Waals surface area (Å²) in [5.74, 6) is -0.134. The van der Waals surface area contributed by atoms with Crippen molar-refractivity contribution >= 4 is 5.91 Å². The van der Waals surface area contributed by atoms with Crippen LogP contribution in [0.1, 0.15) is 6.92 Å². The Morgan fingerprint density at radius 2 is 2.00 bits per heavy atom. The highest BCUT2D eigenvalue weighted by Crippen LogP contribution is 2.10. The lowest BCUT2D eigenvalue weighted by Gasteiger charge is -2.08. The third-order valence-electron chi connectivity index (χ3n) is 2.10. The molecule has 0 unspecified atom stereocenters. The van der Waals surface area contributed by atoms with Gasteiger partial charge in [0, 0.05) is 6.54 Å². The Morgan fingerprint density at radius 1 is 1.32 bits per heavy atom. The quantitative estimate of drug-likeness (QED) is 0.578. The maximum absolute atomic E-state index is 12.6.